The van der Waals surface area contributed by atoms with Crippen LogP contribution in [0.2, 0.25) is 5.02 Å². The summed E-state index contributed by atoms with van der Waals surface area (Å²) in [7, 11) is 0. The van der Waals surface area contributed by atoms with Crippen LogP contribution in [0.25, 0.3) is 0 Å². The van der Waals surface area contributed by atoms with Crippen molar-refractivity contribution in [2.24, 2.45) is 23.7 Å². The molecule has 11 heteroatoms. The quantitative estimate of drug-likeness (QED) is 0.243. The number of aromatic hydroxyl groups is 1. The molecule has 0 radical (unpaired) electrons. The number of hydrazine groups is 1. The summed E-state index contributed by atoms with van der Waals surface area (Å²) in [6, 6.07) is 20.8. The monoisotopic (exact) mass is 653 g/mol. The highest BCUT2D eigenvalue weighted by Gasteiger charge is 2.70. The summed E-state index contributed by atoms with van der Waals surface area (Å²) >= 11 is 6.51. The molecule has 3 aromatic carbocycles. The van der Waals surface area contributed by atoms with Crippen molar-refractivity contribution in [2.75, 3.05) is 12.0 Å². The number of nitrogens with zero attached hydrogens (tertiary/aromatic N) is 2. The summed E-state index contributed by atoms with van der Waals surface area (Å²) in [5.41, 5.74) is 4.60. The van der Waals surface area contributed by atoms with Gasteiger partial charge in [-0.3, -0.25) is 34.3 Å². The molecule has 1 saturated carbocycles. The molecule has 0 aromatic heterocycles. The standard InChI is InChI=1S/C36H32ClN3O7/c1-19-7-10-22(11-8-19)38-40-33(45)27-18-25-23(12-13-24-30(25)34(46)39(32(24)44)16-15-29(42)43)31(26-17-21(37)9-14-28(26)41)36(27,35(40)47)20-5-3-2-4-6-20/h2-12,14,17,24-25,27,30-31,38,41H,13,15-16,18H2,1H3,(H,42,43). The van der Waals surface area contributed by atoms with E-state index in [-0.39, 0.29) is 31.6 Å². The van der Waals surface area contributed by atoms with Gasteiger partial charge in [-0.1, -0.05) is 71.3 Å². The van der Waals surface area contributed by atoms with Gasteiger partial charge in [0.15, 0.2) is 0 Å². The lowest BCUT2D eigenvalue weighted by atomic mass is 9.49. The van der Waals surface area contributed by atoms with Gasteiger partial charge in [0, 0.05) is 23.0 Å². The molecule has 3 aromatic rings. The van der Waals surface area contributed by atoms with E-state index in [1.165, 1.54) is 12.1 Å². The van der Waals surface area contributed by atoms with Crippen LogP contribution in [0.4, 0.5) is 5.69 Å². The number of imide groups is 2. The number of benzene rings is 3. The van der Waals surface area contributed by atoms with Crippen molar-refractivity contribution in [3.63, 3.8) is 0 Å². The van der Waals surface area contributed by atoms with Gasteiger partial charge in [0.2, 0.25) is 11.8 Å². The average molecular weight is 654 g/mol. The van der Waals surface area contributed by atoms with Gasteiger partial charge in [-0.15, -0.1) is 0 Å². The second kappa shape index (κ2) is 11.4. The lowest BCUT2D eigenvalue weighted by molar-refractivity contribution is -0.143. The lowest BCUT2D eigenvalue weighted by Gasteiger charge is -2.50. The predicted octanol–water partition coefficient (Wildman–Crippen LogP) is 4.81. The number of aliphatic carboxylic acids is 1. The van der Waals surface area contributed by atoms with E-state index in [2.05, 4.69) is 5.43 Å². The number of rotatable bonds is 7. The van der Waals surface area contributed by atoms with Gasteiger partial charge in [-0.2, -0.15) is 5.01 Å². The fourth-order valence-electron chi connectivity index (χ4n) is 8.34. The van der Waals surface area contributed by atoms with Crippen LogP contribution in [-0.2, 0) is 29.4 Å². The summed E-state index contributed by atoms with van der Waals surface area (Å²) in [5.74, 6) is -7.31. The van der Waals surface area contributed by atoms with Crippen molar-refractivity contribution in [2.45, 2.75) is 37.5 Å². The molecule has 240 valence electrons. The Morgan fingerprint density at radius 1 is 0.957 bits per heavy atom. The Hall–Kier alpha value is -4.96. The van der Waals surface area contributed by atoms with E-state index in [0.717, 1.165) is 15.5 Å². The van der Waals surface area contributed by atoms with Gasteiger partial charge in [0.25, 0.3) is 11.8 Å². The lowest BCUT2D eigenvalue weighted by Crippen LogP contribution is -2.53. The molecule has 7 rings (SSSR count). The Bertz CT molecular complexity index is 1860. The maximum atomic E-state index is 15.1. The number of anilines is 1. The van der Waals surface area contributed by atoms with Gasteiger partial charge in [-0.25, -0.2) is 0 Å². The number of hydrogen-bond donors (Lipinski definition) is 3. The number of fused-ring (bicyclic) bond motifs is 4. The molecule has 4 amide bonds. The van der Waals surface area contributed by atoms with E-state index >= 15 is 4.79 Å². The average Bonchev–Trinajstić information content (AvgIpc) is 3.43. The minimum atomic E-state index is -1.54. The van der Waals surface area contributed by atoms with Crippen LogP contribution >= 0.6 is 11.6 Å². The van der Waals surface area contributed by atoms with Crippen LogP contribution in [-0.4, -0.2) is 56.3 Å². The number of nitrogens with one attached hydrogen (secondary N) is 1. The molecule has 4 aliphatic rings. The molecular formula is C36H32ClN3O7. The van der Waals surface area contributed by atoms with Crippen molar-refractivity contribution in [3.05, 3.63) is 106 Å². The number of likely N-dealkylation sites (tertiary alicyclic amines) is 1. The summed E-state index contributed by atoms with van der Waals surface area (Å²) in [5, 5.41) is 22.0. The van der Waals surface area contributed by atoms with Crippen molar-refractivity contribution >= 4 is 46.9 Å². The van der Waals surface area contributed by atoms with Crippen LogP contribution in [0.3, 0.4) is 0 Å². The van der Waals surface area contributed by atoms with Gasteiger partial charge in [0.05, 0.1) is 35.3 Å². The van der Waals surface area contributed by atoms with Crippen molar-refractivity contribution < 1.29 is 34.2 Å². The highest BCUT2D eigenvalue weighted by atomic mass is 35.5. The van der Waals surface area contributed by atoms with E-state index in [1.807, 2.05) is 31.2 Å². The second-order valence-corrected chi connectivity index (χ2v) is 13.2. The van der Waals surface area contributed by atoms with E-state index in [4.69, 9.17) is 11.6 Å². The van der Waals surface area contributed by atoms with E-state index in [1.54, 1.807) is 42.5 Å². The molecule has 47 heavy (non-hydrogen) atoms. The number of allylic oxidation sites excluding steroid dienone is 2. The number of carboxylic acid groups (broad SMARTS) is 1. The van der Waals surface area contributed by atoms with Crippen LogP contribution in [0.15, 0.2) is 84.4 Å². The number of phenolic OH excluding ortho intramolecular Hbond substituents is 1. The largest absolute Gasteiger partial charge is 0.508 e. The minimum absolute atomic E-state index is 0.0855. The molecule has 2 aliphatic heterocycles. The van der Waals surface area contributed by atoms with Crippen molar-refractivity contribution in [3.8, 4) is 5.75 Å². The molecule has 2 heterocycles. The SMILES string of the molecule is Cc1ccc(NN2C(=O)C3CC4C(=CCC5C(=O)N(CCC(=O)O)C(=O)C54)C(c4cc(Cl)ccc4O)C3(c3ccccc3)C2=O)cc1. The van der Waals surface area contributed by atoms with Crippen molar-refractivity contribution in [1.82, 2.24) is 9.91 Å². The highest BCUT2D eigenvalue weighted by Crippen LogP contribution is 2.65. The number of carbonyl (C=O) groups excluding carboxylic acids is 4. The van der Waals surface area contributed by atoms with Crippen molar-refractivity contribution in [1.29, 1.82) is 0 Å². The first-order chi connectivity index (χ1) is 22.5. The van der Waals surface area contributed by atoms with Gasteiger partial charge in [-0.05, 0) is 61.6 Å². The minimum Gasteiger partial charge on any atom is -0.508 e. The van der Waals surface area contributed by atoms with Gasteiger partial charge in [0.1, 0.15) is 5.75 Å². The fraction of sp³-hybridized carbons (Fsp3) is 0.306. The summed E-state index contributed by atoms with van der Waals surface area (Å²) < 4.78 is 0. The normalized spacial score (nSPS) is 28.1. The van der Waals surface area contributed by atoms with E-state index in [9.17, 15) is 29.4 Å². The van der Waals surface area contributed by atoms with Crippen LogP contribution < -0.4 is 5.43 Å². The molecule has 3 fully saturated rings. The zero-order chi connectivity index (χ0) is 33.2. The molecular weight excluding hydrogens is 622 g/mol. The molecule has 6 unspecified atom stereocenters. The molecule has 0 spiro atoms. The number of amides is 4. The fourth-order valence-corrected chi connectivity index (χ4v) is 8.52. The molecule has 0 bridgehead atoms. The number of carboxylic acids is 1. The van der Waals surface area contributed by atoms with Gasteiger partial charge < -0.3 is 10.2 Å². The zero-order valence-electron chi connectivity index (χ0n) is 25.4. The van der Waals surface area contributed by atoms with Crippen LogP contribution in [0.5, 0.6) is 5.75 Å². The Morgan fingerprint density at radius 3 is 2.38 bits per heavy atom. The summed E-state index contributed by atoms with van der Waals surface area (Å²) in [6.45, 7) is 1.68. The number of phenols is 1. The highest BCUT2D eigenvalue weighted by molar-refractivity contribution is 6.30. The summed E-state index contributed by atoms with van der Waals surface area (Å²) in [6.07, 6.45) is 1.76. The third-order valence-corrected chi connectivity index (χ3v) is 10.6. The molecule has 3 N–H and O–H groups in total. The van der Waals surface area contributed by atoms with Gasteiger partial charge >= 0.3 is 5.97 Å². The first-order valence-corrected chi connectivity index (χ1v) is 15.9. The topological polar surface area (TPSA) is 144 Å². The third-order valence-electron chi connectivity index (χ3n) is 10.3. The maximum absolute atomic E-state index is 15.1. The first kappa shape index (κ1) is 30.7. The Labute approximate surface area is 275 Å². The zero-order valence-corrected chi connectivity index (χ0v) is 26.2. The Morgan fingerprint density at radius 2 is 1.68 bits per heavy atom. The molecule has 6 atom stereocenters. The second-order valence-electron chi connectivity index (χ2n) is 12.8. The number of hydrogen-bond acceptors (Lipinski definition) is 7. The Kier molecular flexibility index (Phi) is 7.43. The predicted molar refractivity (Wildman–Crippen MR) is 171 cm³/mol. The summed E-state index contributed by atoms with van der Waals surface area (Å²) in [4.78, 5) is 69.4. The third kappa shape index (κ3) is 4.65. The maximum Gasteiger partial charge on any atom is 0.305 e. The van der Waals surface area contributed by atoms with E-state index in [0.29, 0.717) is 27.4 Å². The van der Waals surface area contributed by atoms with Crippen LogP contribution in [0.1, 0.15) is 41.9 Å². The van der Waals surface area contributed by atoms with Crippen LogP contribution in [0, 0.1) is 30.6 Å². The molecule has 10 nitrogen and oxygen atoms in total. The first-order valence-electron chi connectivity index (χ1n) is 15.6. The molecule has 2 aliphatic carbocycles. The number of carbonyl (C=O) groups is 5. The number of aryl methyl sites for hydroxylation is 1. The number of halogens is 1. The van der Waals surface area contributed by atoms with E-state index < -0.39 is 64.6 Å². The Balaban J connectivity index is 1.43. The smallest absolute Gasteiger partial charge is 0.305 e. The molecule has 2 saturated heterocycles.